The van der Waals surface area contributed by atoms with Gasteiger partial charge in [0.2, 0.25) is 5.91 Å². The van der Waals surface area contributed by atoms with Crippen molar-refractivity contribution in [2.24, 2.45) is 0 Å². The zero-order valence-corrected chi connectivity index (χ0v) is 16.8. The van der Waals surface area contributed by atoms with E-state index in [4.69, 9.17) is 4.42 Å². The average molecular weight is 429 g/mol. The maximum atomic E-state index is 12.4. The number of hydrogen-bond acceptors (Lipinski definition) is 4. The molecule has 0 radical (unpaired) electrons. The minimum absolute atomic E-state index is 0.259. The maximum absolute atomic E-state index is 12.4. The molecular formula is C24H19N3O5. The van der Waals surface area contributed by atoms with Crippen LogP contribution in [-0.2, 0) is 11.3 Å². The van der Waals surface area contributed by atoms with E-state index in [1.807, 2.05) is 0 Å². The highest BCUT2D eigenvalue weighted by molar-refractivity contribution is 6.05. The molecule has 2 aromatic heterocycles. The molecule has 0 saturated carbocycles. The Morgan fingerprint density at radius 2 is 1.88 bits per heavy atom. The first-order chi connectivity index (χ1) is 15.5. The Kier molecular flexibility index (Phi) is 5.85. The number of para-hydroxylation sites is 1. The fraction of sp³-hybridized carbons (Fsp3) is 0.0417. The van der Waals surface area contributed by atoms with Crippen molar-refractivity contribution in [2.75, 3.05) is 5.32 Å². The van der Waals surface area contributed by atoms with E-state index >= 15 is 0 Å². The van der Waals surface area contributed by atoms with Crippen LogP contribution in [0, 0.1) is 0 Å². The Labute approximate surface area is 182 Å². The molecule has 4 aromatic rings. The van der Waals surface area contributed by atoms with Gasteiger partial charge in [-0.2, -0.15) is 0 Å². The zero-order chi connectivity index (χ0) is 22.5. The number of aromatic nitrogens is 1. The van der Waals surface area contributed by atoms with Crippen molar-refractivity contribution in [1.29, 1.82) is 0 Å². The third-order valence-corrected chi connectivity index (χ3v) is 4.76. The van der Waals surface area contributed by atoms with Crippen LogP contribution < -0.4 is 10.6 Å². The van der Waals surface area contributed by atoms with E-state index in [9.17, 15) is 19.5 Å². The molecule has 0 atom stereocenters. The predicted molar refractivity (Wildman–Crippen MR) is 119 cm³/mol. The second-order valence-corrected chi connectivity index (χ2v) is 6.92. The van der Waals surface area contributed by atoms with Gasteiger partial charge in [0.25, 0.3) is 5.91 Å². The minimum atomic E-state index is -1.10. The Bertz CT molecular complexity index is 1320. The largest absolute Gasteiger partial charge is 0.467 e. The van der Waals surface area contributed by atoms with Gasteiger partial charge >= 0.3 is 6.09 Å². The summed E-state index contributed by atoms with van der Waals surface area (Å²) in [7, 11) is 0. The van der Waals surface area contributed by atoms with Crippen LogP contribution in [0.15, 0.2) is 83.6 Å². The zero-order valence-electron chi connectivity index (χ0n) is 16.8. The highest BCUT2D eigenvalue weighted by Gasteiger charge is 2.11. The quantitative estimate of drug-likeness (QED) is 0.395. The molecule has 0 spiro atoms. The molecular weight excluding hydrogens is 410 g/mol. The molecule has 8 nitrogen and oxygen atoms in total. The number of amides is 2. The number of nitrogens with zero attached hydrogens (tertiary/aromatic N) is 1. The molecule has 8 heteroatoms. The summed E-state index contributed by atoms with van der Waals surface area (Å²) in [6.45, 7) is 0.259. The second kappa shape index (κ2) is 9.05. The second-order valence-electron chi connectivity index (χ2n) is 6.92. The highest BCUT2D eigenvalue weighted by Crippen LogP contribution is 2.22. The number of hydrogen-bond donors (Lipinski definition) is 3. The Morgan fingerprint density at radius 1 is 1.03 bits per heavy atom. The lowest BCUT2D eigenvalue weighted by Crippen LogP contribution is -2.22. The molecule has 0 bridgehead atoms. The molecule has 0 saturated heterocycles. The summed E-state index contributed by atoms with van der Waals surface area (Å²) >= 11 is 0. The van der Waals surface area contributed by atoms with E-state index in [1.165, 1.54) is 18.5 Å². The summed E-state index contributed by atoms with van der Waals surface area (Å²) in [5.41, 5.74) is 1.98. The number of anilines is 1. The van der Waals surface area contributed by atoms with Gasteiger partial charge in [-0.15, -0.1) is 0 Å². The molecule has 2 aromatic carbocycles. The molecule has 160 valence electrons. The Hall–Kier alpha value is -4.59. The molecule has 0 unspecified atom stereocenters. The van der Waals surface area contributed by atoms with Crippen molar-refractivity contribution < 1.29 is 23.9 Å². The van der Waals surface area contributed by atoms with Gasteiger partial charge in [0.15, 0.2) is 0 Å². The van der Waals surface area contributed by atoms with Crippen molar-refractivity contribution in [3.63, 3.8) is 0 Å². The van der Waals surface area contributed by atoms with E-state index in [2.05, 4.69) is 10.6 Å². The highest BCUT2D eigenvalue weighted by atomic mass is 16.4. The molecule has 0 fully saturated rings. The van der Waals surface area contributed by atoms with Gasteiger partial charge in [0.05, 0.1) is 18.3 Å². The summed E-state index contributed by atoms with van der Waals surface area (Å²) in [6, 6.07) is 17.1. The molecule has 0 aliphatic carbocycles. The smallest absolute Gasteiger partial charge is 0.416 e. The van der Waals surface area contributed by atoms with E-state index < -0.39 is 12.0 Å². The number of nitrogens with one attached hydrogen (secondary N) is 2. The third-order valence-electron chi connectivity index (χ3n) is 4.76. The van der Waals surface area contributed by atoms with Crippen molar-refractivity contribution in [3.05, 3.63) is 96.1 Å². The van der Waals surface area contributed by atoms with Crippen LogP contribution in [0.2, 0.25) is 0 Å². The van der Waals surface area contributed by atoms with Gasteiger partial charge in [-0.05, 0) is 42.5 Å². The fourth-order valence-corrected chi connectivity index (χ4v) is 3.27. The number of fused-ring (bicyclic) bond motifs is 1. The summed E-state index contributed by atoms with van der Waals surface area (Å²) < 4.78 is 6.30. The lowest BCUT2D eigenvalue weighted by Gasteiger charge is -2.06. The van der Waals surface area contributed by atoms with Crippen molar-refractivity contribution in [2.45, 2.75) is 6.54 Å². The molecule has 3 N–H and O–H groups in total. The average Bonchev–Trinajstić information content (AvgIpc) is 3.44. The molecule has 2 heterocycles. The van der Waals surface area contributed by atoms with Crippen molar-refractivity contribution in [3.8, 4) is 0 Å². The summed E-state index contributed by atoms with van der Waals surface area (Å²) in [4.78, 5) is 36.2. The predicted octanol–water partition coefficient (Wildman–Crippen LogP) is 4.34. The standard InChI is InChI=1S/C24H19N3O5/c28-22(11-10-17-15-27(24(30)31)21-9-2-1-8-20(17)21)26-18-6-3-5-16(13-18)23(29)25-14-19-7-4-12-32-19/h1-13,15H,14H2,(H,25,29)(H,26,28)(H,30,31). The van der Waals surface area contributed by atoms with Crippen LogP contribution in [-0.4, -0.2) is 27.6 Å². The number of benzene rings is 2. The number of carboxylic acid groups (broad SMARTS) is 1. The SMILES string of the molecule is O=C(C=Cc1cn(C(=O)O)c2ccccc12)Nc1cccc(C(=O)NCc2ccco2)c1. The lowest BCUT2D eigenvalue weighted by atomic mass is 10.1. The molecule has 0 aliphatic heterocycles. The van der Waals surface area contributed by atoms with Gasteiger partial charge in [-0.1, -0.05) is 24.3 Å². The van der Waals surface area contributed by atoms with Crippen LogP contribution in [0.1, 0.15) is 21.7 Å². The van der Waals surface area contributed by atoms with Gasteiger partial charge in [0, 0.05) is 34.5 Å². The van der Waals surface area contributed by atoms with E-state index in [0.717, 1.165) is 4.57 Å². The normalized spacial score (nSPS) is 11.0. The Balaban J connectivity index is 1.44. The molecule has 4 rings (SSSR count). The van der Waals surface area contributed by atoms with Crippen molar-refractivity contribution in [1.82, 2.24) is 9.88 Å². The monoisotopic (exact) mass is 429 g/mol. The third kappa shape index (κ3) is 4.59. The van der Waals surface area contributed by atoms with E-state index in [0.29, 0.717) is 33.5 Å². The first-order valence-electron chi connectivity index (χ1n) is 9.74. The number of rotatable bonds is 6. The number of furan rings is 1. The first-order valence-corrected chi connectivity index (χ1v) is 9.74. The van der Waals surface area contributed by atoms with Gasteiger partial charge in [-0.3, -0.25) is 14.2 Å². The van der Waals surface area contributed by atoms with Gasteiger partial charge in [-0.25, -0.2) is 4.79 Å². The van der Waals surface area contributed by atoms with Crippen LogP contribution >= 0.6 is 0 Å². The van der Waals surface area contributed by atoms with Crippen molar-refractivity contribution >= 4 is 40.6 Å². The molecule has 32 heavy (non-hydrogen) atoms. The van der Waals surface area contributed by atoms with Gasteiger partial charge < -0.3 is 20.2 Å². The number of carbonyl (C=O) groups excluding carboxylic acids is 2. The summed E-state index contributed by atoms with van der Waals surface area (Å²) in [5.74, 6) is -0.0722. The van der Waals surface area contributed by atoms with E-state index in [-0.39, 0.29) is 12.5 Å². The van der Waals surface area contributed by atoms with Gasteiger partial charge in [0.1, 0.15) is 5.76 Å². The molecule has 2 amide bonds. The topological polar surface area (TPSA) is 114 Å². The maximum Gasteiger partial charge on any atom is 0.416 e. The van der Waals surface area contributed by atoms with Crippen LogP contribution in [0.4, 0.5) is 10.5 Å². The number of carbonyl (C=O) groups is 3. The summed E-state index contributed by atoms with van der Waals surface area (Å²) in [6.07, 6.45) is 4.76. The summed E-state index contributed by atoms with van der Waals surface area (Å²) in [5, 5.41) is 15.5. The van der Waals surface area contributed by atoms with Crippen LogP contribution in [0.25, 0.3) is 17.0 Å². The van der Waals surface area contributed by atoms with Crippen LogP contribution in [0.3, 0.4) is 0 Å². The minimum Gasteiger partial charge on any atom is -0.467 e. The Morgan fingerprint density at radius 3 is 2.66 bits per heavy atom. The lowest BCUT2D eigenvalue weighted by molar-refractivity contribution is -0.111. The molecule has 0 aliphatic rings. The first kappa shape index (κ1) is 20.7. The van der Waals surface area contributed by atoms with E-state index in [1.54, 1.807) is 66.7 Å². The fourth-order valence-electron chi connectivity index (χ4n) is 3.27. The van der Waals surface area contributed by atoms with Crippen LogP contribution in [0.5, 0.6) is 0 Å².